The number of halogens is 2. The lowest BCUT2D eigenvalue weighted by Gasteiger charge is -2.38. The molecule has 3 nitrogen and oxygen atoms in total. The summed E-state index contributed by atoms with van der Waals surface area (Å²) in [5.74, 6) is -0.107. The highest BCUT2D eigenvalue weighted by molar-refractivity contribution is 7.17. The van der Waals surface area contributed by atoms with Crippen LogP contribution in [0.1, 0.15) is 28.9 Å². The zero-order valence-electron chi connectivity index (χ0n) is 14.0. The number of thiophene rings is 1. The molecule has 1 aromatic heterocycles. The van der Waals surface area contributed by atoms with E-state index in [9.17, 15) is 9.18 Å². The molecule has 2 aromatic rings. The highest BCUT2D eigenvalue weighted by Crippen LogP contribution is 2.38. The Balaban J connectivity index is 0.00000182. The third kappa shape index (κ3) is 3.73. The Morgan fingerprint density at radius 1 is 1.08 bits per heavy atom. The van der Waals surface area contributed by atoms with Gasteiger partial charge in [0.1, 0.15) is 5.82 Å². The number of piperidine rings is 1. The number of carbonyl (C=O) groups is 1. The van der Waals surface area contributed by atoms with Crippen molar-refractivity contribution in [3.8, 4) is 10.4 Å². The first-order valence-electron chi connectivity index (χ1n) is 8.51. The lowest BCUT2D eigenvalue weighted by Crippen LogP contribution is -2.43. The fourth-order valence-corrected chi connectivity index (χ4v) is 4.76. The van der Waals surface area contributed by atoms with Crippen molar-refractivity contribution in [1.29, 1.82) is 0 Å². The van der Waals surface area contributed by atoms with Gasteiger partial charge in [0.2, 0.25) is 0 Å². The highest BCUT2D eigenvalue weighted by Gasteiger charge is 2.38. The maximum Gasteiger partial charge on any atom is 0.263 e. The van der Waals surface area contributed by atoms with Gasteiger partial charge < -0.3 is 10.2 Å². The number of benzene rings is 1. The van der Waals surface area contributed by atoms with E-state index in [1.165, 1.54) is 29.9 Å². The lowest BCUT2D eigenvalue weighted by molar-refractivity contribution is 0.0612. The van der Waals surface area contributed by atoms with Gasteiger partial charge in [0, 0.05) is 24.5 Å². The number of amides is 1. The summed E-state index contributed by atoms with van der Waals surface area (Å²) in [4.78, 5) is 16.5. The fraction of sp³-hybridized carbons (Fsp3) is 0.421. The first-order chi connectivity index (χ1) is 11.7. The molecule has 0 atom stereocenters. The van der Waals surface area contributed by atoms with Gasteiger partial charge in [-0.1, -0.05) is 12.1 Å². The summed E-state index contributed by atoms with van der Waals surface area (Å²) in [5, 5.41) is 3.46. The second-order valence-corrected chi connectivity index (χ2v) is 7.97. The van der Waals surface area contributed by atoms with Crippen LogP contribution in [0.3, 0.4) is 0 Å². The number of rotatable bonds is 2. The van der Waals surface area contributed by atoms with Crippen LogP contribution < -0.4 is 5.32 Å². The minimum atomic E-state index is -0.241. The molecule has 1 amide bonds. The normalized spacial score (nSPS) is 19.0. The topological polar surface area (TPSA) is 32.3 Å². The quantitative estimate of drug-likeness (QED) is 0.847. The molecular weight excluding hydrogens is 359 g/mol. The van der Waals surface area contributed by atoms with E-state index in [-0.39, 0.29) is 24.1 Å². The second kappa shape index (κ2) is 7.44. The Morgan fingerprint density at radius 3 is 2.44 bits per heavy atom. The fourth-order valence-electron chi connectivity index (χ4n) is 3.78. The molecule has 2 aliphatic rings. The van der Waals surface area contributed by atoms with Crippen LogP contribution in [0, 0.1) is 11.2 Å². The average Bonchev–Trinajstić information content (AvgIpc) is 3.26. The Labute approximate surface area is 157 Å². The van der Waals surface area contributed by atoms with Crippen LogP contribution in [0.25, 0.3) is 10.4 Å². The molecule has 0 unspecified atom stereocenters. The third-order valence-electron chi connectivity index (χ3n) is 5.39. The molecule has 0 bridgehead atoms. The first kappa shape index (κ1) is 18.4. The summed E-state index contributed by atoms with van der Waals surface area (Å²) in [7, 11) is 0. The van der Waals surface area contributed by atoms with Crippen molar-refractivity contribution in [2.75, 3.05) is 26.2 Å². The van der Waals surface area contributed by atoms with E-state index in [2.05, 4.69) is 5.32 Å². The van der Waals surface area contributed by atoms with Crippen molar-refractivity contribution in [3.05, 3.63) is 47.1 Å². The van der Waals surface area contributed by atoms with E-state index < -0.39 is 0 Å². The first-order valence-corrected chi connectivity index (χ1v) is 9.33. The summed E-state index contributed by atoms with van der Waals surface area (Å²) in [5.41, 5.74) is 1.38. The van der Waals surface area contributed by atoms with E-state index in [4.69, 9.17) is 0 Å². The minimum absolute atomic E-state index is 0. The molecule has 2 fully saturated rings. The van der Waals surface area contributed by atoms with Gasteiger partial charge in [-0.15, -0.1) is 23.7 Å². The molecule has 0 saturated carbocycles. The van der Waals surface area contributed by atoms with Crippen LogP contribution in [-0.4, -0.2) is 37.0 Å². The van der Waals surface area contributed by atoms with Crippen molar-refractivity contribution in [2.45, 2.75) is 19.3 Å². The zero-order chi connectivity index (χ0) is 16.6. The summed E-state index contributed by atoms with van der Waals surface area (Å²) >= 11 is 1.49. The number of carbonyl (C=O) groups excluding carboxylic acids is 1. The second-order valence-electron chi connectivity index (χ2n) is 6.89. The van der Waals surface area contributed by atoms with Gasteiger partial charge in [0.25, 0.3) is 5.91 Å². The number of nitrogens with zero attached hydrogens (tertiary/aromatic N) is 1. The molecule has 25 heavy (non-hydrogen) atoms. The van der Waals surface area contributed by atoms with Gasteiger partial charge in [0.05, 0.1) is 4.88 Å². The molecule has 3 heterocycles. The van der Waals surface area contributed by atoms with Crippen LogP contribution in [0.5, 0.6) is 0 Å². The molecule has 1 spiro atoms. The van der Waals surface area contributed by atoms with Crippen molar-refractivity contribution in [2.24, 2.45) is 5.41 Å². The standard InChI is InChI=1S/C19H21FN2OS.ClH/c20-15-3-1-14(2-4-15)16-5-6-17(24-16)18(23)22-11-8-19(9-12-22)7-10-21-13-19;/h1-6,21H,7-13H2;1H. The van der Waals surface area contributed by atoms with E-state index >= 15 is 0 Å². The summed E-state index contributed by atoms with van der Waals surface area (Å²) in [6.07, 6.45) is 3.44. The minimum Gasteiger partial charge on any atom is -0.338 e. The number of nitrogens with one attached hydrogen (secondary N) is 1. The van der Waals surface area contributed by atoms with E-state index in [0.29, 0.717) is 5.41 Å². The molecule has 0 radical (unpaired) electrons. The van der Waals surface area contributed by atoms with E-state index in [0.717, 1.165) is 54.3 Å². The largest absolute Gasteiger partial charge is 0.338 e. The number of hydrogen-bond donors (Lipinski definition) is 1. The predicted octanol–water partition coefficient (Wildman–Crippen LogP) is 4.19. The van der Waals surface area contributed by atoms with Crippen LogP contribution in [0.4, 0.5) is 4.39 Å². The van der Waals surface area contributed by atoms with Gasteiger partial charge in [-0.25, -0.2) is 4.39 Å². The van der Waals surface area contributed by atoms with Crippen molar-refractivity contribution in [3.63, 3.8) is 0 Å². The van der Waals surface area contributed by atoms with Gasteiger partial charge in [-0.3, -0.25) is 4.79 Å². The van der Waals surface area contributed by atoms with Crippen LogP contribution >= 0.6 is 23.7 Å². The lowest BCUT2D eigenvalue weighted by atomic mass is 9.78. The maximum absolute atomic E-state index is 13.0. The third-order valence-corrected chi connectivity index (χ3v) is 6.51. The Morgan fingerprint density at radius 2 is 1.80 bits per heavy atom. The summed E-state index contributed by atoms with van der Waals surface area (Å²) in [6, 6.07) is 10.3. The molecule has 4 rings (SSSR count). The number of hydrogen-bond acceptors (Lipinski definition) is 3. The molecular formula is C19H22ClFN2OS. The highest BCUT2D eigenvalue weighted by atomic mass is 35.5. The van der Waals surface area contributed by atoms with Crippen molar-refractivity contribution in [1.82, 2.24) is 10.2 Å². The molecule has 1 aromatic carbocycles. The van der Waals surface area contributed by atoms with Gasteiger partial charge in [-0.2, -0.15) is 0 Å². The Kier molecular flexibility index (Phi) is 5.46. The van der Waals surface area contributed by atoms with Gasteiger partial charge in [-0.05, 0) is 61.1 Å². The molecule has 2 saturated heterocycles. The smallest absolute Gasteiger partial charge is 0.263 e. The Hall–Kier alpha value is -1.43. The molecule has 2 aliphatic heterocycles. The monoisotopic (exact) mass is 380 g/mol. The summed E-state index contributed by atoms with van der Waals surface area (Å²) in [6.45, 7) is 3.91. The molecule has 0 aliphatic carbocycles. The van der Waals surface area contributed by atoms with Gasteiger partial charge >= 0.3 is 0 Å². The Bertz CT molecular complexity index is 730. The molecule has 134 valence electrons. The SMILES string of the molecule is Cl.O=C(c1ccc(-c2ccc(F)cc2)s1)N1CCC2(CCNC2)CC1. The van der Waals surface area contributed by atoms with E-state index in [1.807, 2.05) is 17.0 Å². The predicted molar refractivity (Wildman–Crippen MR) is 102 cm³/mol. The van der Waals surface area contributed by atoms with Crippen LogP contribution in [0.15, 0.2) is 36.4 Å². The molecule has 1 N–H and O–H groups in total. The van der Waals surface area contributed by atoms with Crippen LogP contribution in [-0.2, 0) is 0 Å². The van der Waals surface area contributed by atoms with Crippen molar-refractivity contribution < 1.29 is 9.18 Å². The van der Waals surface area contributed by atoms with Gasteiger partial charge in [0.15, 0.2) is 0 Å². The molecule has 6 heteroatoms. The van der Waals surface area contributed by atoms with E-state index in [1.54, 1.807) is 12.1 Å². The van der Waals surface area contributed by atoms with Crippen LogP contribution in [0.2, 0.25) is 0 Å². The zero-order valence-corrected chi connectivity index (χ0v) is 15.6. The number of likely N-dealkylation sites (tertiary alicyclic amines) is 1. The average molecular weight is 381 g/mol. The van der Waals surface area contributed by atoms with Crippen molar-refractivity contribution >= 4 is 29.7 Å². The summed E-state index contributed by atoms with van der Waals surface area (Å²) < 4.78 is 13.0. The maximum atomic E-state index is 13.0.